The molecule has 0 amide bonds. The van der Waals surface area contributed by atoms with Gasteiger partial charge in [-0.3, -0.25) is 9.39 Å². The Morgan fingerprint density at radius 1 is 1.23 bits per heavy atom. The van der Waals surface area contributed by atoms with Gasteiger partial charge in [0.05, 0.1) is 18.8 Å². The maximum absolute atomic E-state index is 6.15. The molecule has 9 heteroatoms. The Hall–Kier alpha value is -1.46. The van der Waals surface area contributed by atoms with E-state index in [0.29, 0.717) is 18.8 Å². The molecule has 1 unspecified atom stereocenters. The van der Waals surface area contributed by atoms with Gasteiger partial charge in [0.1, 0.15) is 5.82 Å². The highest BCUT2D eigenvalue weighted by Gasteiger charge is 2.23. The molecule has 2 aliphatic rings. The third-order valence-electron chi connectivity index (χ3n) is 5.85. The van der Waals surface area contributed by atoms with Gasteiger partial charge in [-0.15, -0.1) is 34.2 Å². The van der Waals surface area contributed by atoms with Crippen molar-refractivity contribution in [3.63, 3.8) is 0 Å². The van der Waals surface area contributed by atoms with Crippen molar-refractivity contribution in [1.82, 2.24) is 24.8 Å². The first-order valence-electron chi connectivity index (χ1n) is 11.4. The highest BCUT2D eigenvalue weighted by Crippen LogP contribution is 2.18. The second kappa shape index (κ2) is 12.5. The number of aromatic nitrogens is 3. The van der Waals surface area contributed by atoms with Crippen molar-refractivity contribution in [2.24, 2.45) is 4.99 Å². The van der Waals surface area contributed by atoms with Gasteiger partial charge in [-0.2, -0.15) is 0 Å². The molecule has 0 aliphatic carbocycles. The molecule has 2 aromatic heterocycles. The van der Waals surface area contributed by atoms with Crippen molar-refractivity contribution in [3.05, 3.63) is 30.2 Å². The van der Waals surface area contributed by atoms with E-state index in [4.69, 9.17) is 14.5 Å². The van der Waals surface area contributed by atoms with Gasteiger partial charge in [-0.1, -0.05) is 6.07 Å². The normalized spacial score (nSPS) is 20.6. The molecule has 2 aromatic rings. The summed E-state index contributed by atoms with van der Waals surface area (Å²) in [6.45, 7) is 7.23. The van der Waals surface area contributed by atoms with E-state index in [0.717, 1.165) is 76.0 Å². The smallest absolute Gasteiger partial charge is 0.193 e. The van der Waals surface area contributed by atoms with Gasteiger partial charge in [0.15, 0.2) is 11.6 Å². The van der Waals surface area contributed by atoms with E-state index in [-0.39, 0.29) is 24.0 Å². The predicted molar refractivity (Wildman–Crippen MR) is 132 cm³/mol. The van der Waals surface area contributed by atoms with Gasteiger partial charge < -0.3 is 19.7 Å². The summed E-state index contributed by atoms with van der Waals surface area (Å²) in [5.74, 6) is 1.93. The van der Waals surface area contributed by atoms with Crippen LogP contribution in [-0.4, -0.2) is 77.1 Å². The molecule has 2 fully saturated rings. The van der Waals surface area contributed by atoms with Crippen molar-refractivity contribution in [2.75, 3.05) is 39.4 Å². The zero-order valence-electron chi connectivity index (χ0n) is 18.4. The van der Waals surface area contributed by atoms with Crippen molar-refractivity contribution in [1.29, 1.82) is 0 Å². The van der Waals surface area contributed by atoms with Crippen LogP contribution in [0.3, 0.4) is 0 Å². The third kappa shape index (κ3) is 6.76. The summed E-state index contributed by atoms with van der Waals surface area (Å²) >= 11 is 0. The van der Waals surface area contributed by atoms with Crippen LogP contribution >= 0.6 is 24.0 Å². The lowest BCUT2D eigenvalue weighted by atomic mass is 10.1. The lowest BCUT2D eigenvalue weighted by Crippen LogP contribution is -2.47. The summed E-state index contributed by atoms with van der Waals surface area (Å²) in [6, 6.07) is 5.95. The fourth-order valence-electron chi connectivity index (χ4n) is 4.17. The molecule has 0 bridgehead atoms. The van der Waals surface area contributed by atoms with Crippen LogP contribution in [0.25, 0.3) is 5.65 Å². The number of guanidine groups is 1. The van der Waals surface area contributed by atoms with E-state index < -0.39 is 0 Å². The molecular formula is C22H35IN6O2. The fourth-order valence-corrected chi connectivity index (χ4v) is 4.17. The molecule has 1 N–H and O–H groups in total. The molecule has 4 rings (SSSR count). The lowest BCUT2D eigenvalue weighted by Gasteiger charge is -2.35. The molecule has 1 atom stereocenters. The molecule has 0 aromatic carbocycles. The van der Waals surface area contributed by atoms with Gasteiger partial charge in [0, 0.05) is 45.4 Å². The zero-order valence-corrected chi connectivity index (χ0v) is 20.7. The quantitative estimate of drug-likeness (QED) is 0.330. The molecule has 8 nitrogen and oxygen atoms in total. The maximum Gasteiger partial charge on any atom is 0.193 e. The van der Waals surface area contributed by atoms with Crippen LogP contribution in [0, 0.1) is 0 Å². The molecule has 2 saturated heterocycles. The van der Waals surface area contributed by atoms with Gasteiger partial charge in [0.2, 0.25) is 0 Å². The average molecular weight is 542 g/mol. The number of pyridine rings is 1. The minimum Gasteiger partial charge on any atom is -0.376 e. The number of rotatable bonds is 7. The van der Waals surface area contributed by atoms with E-state index in [1.54, 1.807) is 0 Å². The van der Waals surface area contributed by atoms with Crippen molar-refractivity contribution in [3.8, 4) is 0 Å². The summed E-state index contributed by atoms with van der Waals surface area (Å²) in [6.07, 6.45) is 9.05. The largest absolute Gasteiger partial charge is 0.376 e. The Labute approximate surface area is 201 Å². The van der Waals surface area contributed by atoms with Gasteiger partial charge >= 0.3 is 0 Å². The number of fused-ring (bicyclic) bond motifs is 1. The van der Waals surface area contributed by atoms with E-state index in [2.05, 4.69) is 27.3 Å². The number of likely N-dealkylation sites (tertiary alicyclic amines) is 1. The Kier molecular flexibility index (Phi) is 9.79. The summed E-state index contributed by atoms with van der Waals surface area (Å²) in [4.78, 5) is 7.20. The van der Waals surface area contributed by atoms with Gasteiger partial charge in [-0.25, -0.2) is 0 Å². The maximum atomic E-state index is 6.15. The number of nitrogens with zero attached hydrogens (tertiary/aromatic N) is 5. The number of piperidine rings is 1. The average Bonchev–Trinajstić information content (AvgIpc) is 3.21. The monoisotopic (exact) mass is 542 g/mol. The van der Waals surface area contributed by atoms with Gasteiger partial charge in [0.25, 0.3) is 0 Å². The molecule has 0 radical (unpaired) electrons. The van der Waals surface area contributed by atoms with E-state index in [1.807, 2.05) is 28.8 Å². The first-order valence-corrected chi connectivity index (χ1v) is 11.4. The molecule has 0 saturated carbocycles. The highest BCUT2D eigenvalue weighted by molar-refractivity contribution is 14.0. The van der Waals surface area contributed by atoms with Crippen molar-refractivity contribution < 1.29 is 9.47 Å². The van der Waals surface area contributed by atoms with Crippen LogP contribution in [0.15, 0.2) is 29.4 Å². The second-order valence-corrected chi connectivity index (χ2v) is 8.04. The van der Waals surface area contributed by atoms with Gasteiger partial charge in [-0.05, 0) is 51.2 Å². The van der Waals surface area contributed by atoms with E-state index >= 15 is 0 Å². The van der Waals surface area contributed by atoms with Crippen LogP contribution in [0.5, 0.6) is 0 Å². The second-order valence-electron chi connectivity index (χ2n) is 8.04. The molecule has 4 heterocycles. The minimum atomic E-state index is 0. The van der Waals surface area contributed by atoms with Crippen molar-refractivity contribution in [2.45, 2.75) is 57.7 Å². The first kappa shape index (κ1) is 24.2. The van der Waals surface area contributed by atoms with Crippen LogP contribution in [0.4, 0.5) is 0 Å². The molecule has 31 heavy (non-hydrogen) atoms. The number of hydrogen-bond acceptors (Lipinski definition) is 5. The number of ether oxygens (including phenoxy) is 2. The lowest BCUT2D eigenvalue weighted by molar-refractivity contribution is -0.0721. The van der Waals surface area contributed by atoms with Crippen LogP contribution < -0.4 is 5.32 Å². The molecule has 172 valence electrons. The topological polar surface area (TPSA) is 76.3 Å². The SMILES string of the molecule is CCNC(=NCCc1nnc2ccccn12)N1CCC(OCC2CCCCO2)CC1.I. The fraction of sp³-hybridized carbons (Fsp3) is 0.682. The van der Waals surface area contributed by atoms with E-state index in [9.17, 15) is 0 Å². The number of nitrogens with one attached hydrogen (secondary N) is 1. The minimum absolute atomic E-state index is 0. The predicted octanol–water partition coefficient (Wildman–Crippen LogP) is 2.91. The summed E-state index contributed by atoms with van der Waals surface area (Å²) in [5, 5.41) is 12.0. The summed E-state index contributed by atoms with van der Waals surface area (Å²) in [5.41, 5.74) is 0.879. The third-order valence-corrected chi connectivity index (χ3v) is 5.85. The van der Waals surface area contributed by atoms with Crippen LogP contribution in [0.1, 0.15) is 44.9 Å². The number of halogens is 1. The Morgan fingerprint density at radius 2 is 2.10 bits per heavy atom. The Balaban J connectivity index is 0.00000272. The number of aliphatic imine (C=N–C) groups is 1. The summed E-state index contributed by atoms with van der Waals surface area (Å²) in [7, 11) is 0. The molecular weight excluding hydrogens is 507 g/mol. The Bertz CT molecular complexity index is 815. The molecule has 0 spiro atoms. The van der Waals surface area contributed by atoms with Crippen LogP contribution in [-0.2, 0) is 15.9 Å². The number of hydrogen-bond donors (Lipinski definition) is 1. The Morgan fingerprint density at radius 3 is 2.87 bits per heavy atom. The zero-order chi connectivity index (χ0) is 20.6. The molecule has 2 aliphatic heterocycles. The highest BCUT2D eigenvalue weighted by atomic mass is 127. The first-order chi connectivity index (χ1) is 14.8. The van der Waals surface area contributed by atoms with Crippen molar-refractivity contribution >= 4 is 35.6 Å². The van der Waals surface area contributed by atoms with Crippen LogP contribution in [0.2, 0.25) is 0 Å². The van der Waals surface area contributed by atoms with E-state index in [1.165, 1.54) is 12.8 Å². The summed E-state index contributed by atoms with van der Waals surface area (Å²) < 4.78 is 14.0. The standard InChI is InChI=1S/C22H34N6O2.HI/c1-2-23-22(24-12-9-21-26-25-20-8-3-5-13-28(20)21)27-14-10-18(11-15-27)30-17-19-7-4-6-16-29-19;/h3,5,8,13,18-19H,2,4,6-7,9-12,14-17H2,1H3,(H,23,24);1H.